The van der Waals surface area contributed by atoms with Crippen molar-refractivity contribution in [3.8, 4) is 11.1 Å². The van der Waals surface area contributed by atoms with Crippen LogP contribution in [0.1, 0.15) is 32.3 Å². The van der Waals surface area contributed by atoms with Gasteiger partial charge in [-0.25, -0.2) is 0 Å². The highest BCUT2D eigenvalue weighted by Crippen LogP contribution is 2.39. The zero-order valence-corrected chi connectivity index (χ0v) is 18.1. The summed E-state index contributed by atoms with van der Waals surface area (Å²) in [5.41, 5.74) is 2.15. The summed E-state index contributed by atoms with van der Waals surface area (Å²) in [6.45, 7) is 5.40. The van der Waals surface area contributed by atoms with Gasteiger partial charge in [0.2, 0.25) is 11.8 Å². The Balaban J connectivity index is 1.56. The highest BCUT2D eigenvalue weighted by molar-refractivity contribution is 6.30. The number of rotatable bonds is 4. The number of halogens is 1. The van der Waals surface area contributed by atoms with Crippen LogP contribution in [-0.2, 0) is 15.0 Å². The van der Waals surface area contributed by atoms with Crippen LogP contribution in [0.2, 0.25) is 5.02 Å². The predicted molar refractivity (Wildman–Crippen MR) is 119 cm³/mol. The second kappa shape index (κ2) is 7.88. The number of carbonyl (C=O) groups is 2. The molecule has 0 spiro atoms. The lowest BCUT2D eigenvalue weighted by atomic mass is 9.80. The number of hydrogen-bond donors (Lipinski definition) is 1. The highest BCUT2D eigenvalue weighted by atomic mass is 35.5. The van der Waals surface area contributed by atoms with E-state index in [1.54, 1.807) is 11.8 Å². The van der Waals surface area contributed by atoms with Crippen molar-refractivity contribution in [2.75, 3.05) is 19.6 Å². The van der Waals surface area contributed by atoms with Crippen molar-refractivity contribution in [3.05, 3.63) is 59.1 Å². The maximum Gasteiger partial charge on any atom is 0.238 e. The molecule has 5 nitrogen and oxygen atoms in total. The molecule has 0 bridgehead atoms. The number of nitrogens with zero attached hydrogens (tertiary/aromatic N) is 2. The molecular weight excluding hydrogens is 398 g/mol. The Morgan fingerprint density at radius 2 is 1.90 bits per heavy atom. The zero-order valence-electron chi connectivity index (χ0n) is 17.3. The molecule has 2 aliphatic rings. The summed E-state index contributed by atoms with van der Waals surface area (Å²) in [6.07, 6.45) is 1.26. The number of carbonyl (C=O) groups excluding carboxylic acids is 2. The van der Waals surface area contributed by atoms with Gasteiger partial charge in [-0.15, -0.1) is 0 Å². The molecule has 2 saturated heterocycles. The van der Waals surface area contributed by atoms with Gasteiger partial charge in [-0.1, -0.05) is 48.0 Å². The quantitative estimate of drug-likeness (QED) is 0.794. The average molecular weight is 424 g/mol. The largest absolute Gasteiger partial charge is 0.343 e. The normalized spacial score (nSPS) is 24.0. The third-order valence-electron chi connectivity index (χ3n) is 6.39. The molecule has 156 valence electrons. The summed E-state index contributed by atoms with van der Waals surface area (Å²) in [5, 5.41) is 9.16. The number of amidine groups is 1. The van der Waals surface area contributed by atoms with E-state index in [9.17, 15) is 9.59 Å². The second-order valence-corrected chi connectivity index (χ2v) is 9.02. The van der Waals surface area contributed by atoms with E-state index >= 15 is 0 Å². The number of likely N-dealkylation sites (tertiary alicyclic amines) is 2. The standard InChI is InChI=1S/C24H26ClN3O2/c1-16(29)27-10-9-17(14-27)15-28-22(26)13-24(2,23(28)30)20-7-3-5-18(11-20)19-6-4-8-21(25)12-19/h3-8,11-12,17,26H,9-10,13-15H2,1-2H3/t17-,24?/m1/s1. The molecule has 2 atom stereocenters. The van der Waals surface area contributed by atoms with Crippen molar-refractivity contribution < 1.29 is 9.59 Å². The lowest BCUT2D eigenvalue weighted by Crippen LogP contribution is -2.40. The fourth-order valence-electron chi connectivity index (χ4n) is 4.58. The van der Waals surface area contributed by atoms with Gasteiger partial charge < -0.3 is 4.90 Å². The summed E-state index contributed by atoms with van der Waals surface area (Å²) >= 11 is 6.15. The van der Waals surface area contributed by atoms with Crippen LogP contribution in [0, 0.1) is 11.3 Å². The first kappa shape index (κ1) is 20.6. The summed E-state index contributed by atoms with van der Waals surface area (Å²) in [4.78, 5) is 28.5. The van der Waals surface area contributed by atoms with Crippen LogP contribution in [0.4, 0.5) is 0 Å². The molecule has 2 fully saturated rings. The molecular formula is C24H26ClN3O2. The van der Waals surface area contributed by atoms with Gasteiger partial charge in [0.15, 0.2) is 0 Å². The van der Waals surface area contributed by atoms with Crippen molar-refractivity contribution >= 4 is 29.3 Å². The summed E-state index contributed by atoms with van der Waals surface area (Å²) in [6, 6.07) is 15.6. The summed E-state index contributed by atoms with van der Waals surface area (Å²) < 4.78 is 0. The van der Waals surface area contributed by atoms with E-state index in [-0.39, 0.29) is 17.7 Å². The Bertz CT molecular complexity index is 1020. The van der Waals surface area contributed by atoms with Crippen LogP contribution in [0.5, 0.6) is 0 Å². The number of hydrogen-bond acceptors (Lipinski definition) is 3. The van der Waals surface area contributed by atoms with Gasteiger partial charge in [0, 0.05) is 38.0 Å². The van der Waals surface area contributed by atoms with Crippen molar-refractivity contribution in [1.29, 1.82) is 5.41 Å². The molecule has 4 rings (SSSR count). The minimum Gasteiger partial charge on any atom is -0.343 e. The predicted octanol–water partition coefficient (Wildman–Crippen LogP) is 4.34. The van der Waals surface area contributed by atoms with Gasteiger partial charge in [0.25, 0.3) is 0 Å². The molecule has 0 aromatic heterocycles. The van der Waals surface area contributed by atoms with E-state index in [4.69, 9.17) is 17.0 Å². The second-order valence-electron chi connectivity index (χ2n) is 8.58. The molecule has 2 aromatic rings. The van der Waals surface area contributed by atoms with Gasteiger partial charge in [0.05, 0.1) is 5.41 Å². The molecule has 0 radical (unpaired) electrons. The minimum absolute atomic E-state index is 0.0305. The summed E-state index contributed by atoms with van der Waals surface area (Å²) in [7, 11) is 0. The molecule has 0 aliphatic carbocycles. The lowest BCUT2D eigenvalue weighted by molar-refractivity contribution is -0.130. The SMILES string of the molecule is CC(=O)N1CC[C@@H](CN2C(=N)CC(C)(c3cccc(-c4cccc(Cl)c4)c3)C2=O)C1. The van der Waals surface area contributed by atoms with Crippen LogP contribution in [-0.4, -0.2) is 47.1 Å². The molecule has 2 amide bonds. The molecule has 0 saturated carbocycles. The number of amides is 2. The Hall–Kier alpha value is -2.66. The van der Waals surface area contributed by atoms with Gasteiger partial charge in [-0.2, -0.15) is 0 Å². The molecule has 2 aliphatic heterocycles. The van der Waals surface area contributed by atoms with Gasteiger partial charge in [-0.3, -0.25) is 19.9 Å². The van der Waals surface area contributed by atoms with Crippen LogP contribution in [0.25, 0.3) is 11.1 Å². The molecule has 6 heteroatoms. The fraction of sp³-hybridized carbons (Fsp3) is 0.375. The van der Waals surface area contributed by atoms with Crippen molar-refractivity contribution in [2.45, 2.75) is 32.1 Å². The van der Waals surface area contributed by atoms with Crippen LogP contribution in [0.15, 0.2) is 48.5 Å². The van der Waals surface area contributed by atoms with E-state index in [2.05, 4.69) is 0 Å². The van der Waals surface area contributed by atoms with Crippen LogP contribution >= 0.6 is 11.6 Å². The number of nitrogens with one attached hydrogen (secondary N) is 1. The minimum atomic E-state index is -0.759. The van der Waals surface area contributed by atoms with E-state index in [1.165, 1.54) is 0 Å². The monoisotopic (exact) mass is 423 g/mol. The maximum atomic E-state index is 13.4. The average Bonchev–Trinajstić information content (AvgIpc) is 3.28. The van der Waals surface area contributed by atoms with E-state index < -0.39 is 5.41 Å². The summed E-state index contributed by atoms with van der Waals surface area (Å²) in [5.74, 6) is 0.621. The smallest absolute Gasteiger partial charge is 0.238 e. The zero-order chi connectivity index (χ0) is 21.5. The Morgan fingerprint density at radius 1 is 1.20 bits per heavy atom. The Kier molecular flexibility index (Phi) is 5.41. The Morgan fingerprint density at radius 3 is 2.57 bits per heavy atom. The lowest BCUT2D eigenvalue weighted by Gasteiger charge is -2.25. The molecule has 30 heavy (non-hydrogen) atoms. The maximum absolute atomic E-state index is 13.4. The first-order valence-corrected chi connectivity index (χ1v) is 10.7. The first-order chi connectivity index (χ1) is 14.3. The van der Waals surface area contributed by atoms with Crippen LogP contribution in [0.3, 0.4) is 0 Å². The Labute approximate surface area is 182 Å². The first-order valence-electron chi connectivity index (χ1n) is 10.3. The molecule has 1 unspecified atom stereocenters. The van der Waals surface area contributed by atoms with Gasteiger partial charge in [0.1, 0.15) is 5.84 Å². The molecule has 1 N–H and O–H groups in total. The highest BCUT2D eigenvalue weighted by Gasteiger charge is 2.48. The van der Waals surface area contributed by atoms with Crippen molar-refractivity contribution in [3.63, 3.8) is 0 Å². The van der Waals surface area contributed by atoms with E-state index in [0.29, 0.717) is 30.4 Å². The number of benzene rings is 2. The van der Waals surface area contributed by atoms with Gasteiger partial charge >= 0.3 is 0 Å². The van der Waals surface area contributed by atoms with Crippen molar-refractivity contribution in [2.24, 2.45) is 5.92 Å². The third kappa shape index (κ3) is 3.74. The third-order valence-corrected chi connectivity index (χ3v) is 6.63. The fourth-order valence-corrected chi connectivity index (χ4v) is 4.77. The van der Waals surface area contributed by atoms with Gasteiger partial charge in [-0.05, 0) is 48.1 Å². The van der Waals surface area contributed by atoms with E-state index in [0.717, 1.165) is 29.7 Å². The topological polar surface area (TPSA) is 64.5 Å². The molecule has 2 aromatic carbocycles. The van der Waals surface area contributed by atoms with E-state index in [1.807, 2.05) is 60.4 Å². The van der Waals surface area contributed by atoms with Crippen molar-refractivity contribution in [1.82, 2.24) is 9.80 Å². The van der Waals surface area contributed by atoms with Crippen LogP contribution < -0.4 is 0 Å². The molecule has 2 heterocycles.